The second-order valence-electron chi connectivity index (χ2n) is 6.08. The third kappa shape index (κ3) is 3.93. The van der Waals surface area contributed by atoms with E-state index in [4.69, 9.17) is 18.9 Å². The molecule has 0 N–H and O–H groups in total. The fraction of sp³-hybridized carbons (Fsp3) is 0.174. The molecule has 0 saturated heterocycles. The summed E-state index contributed by atoms with van der Waals surface area (Å²) in [5, 5.41) is 1.88. The summed E-state index contributed by atoms with van der Waals surface area (Å²) in [5.41, 5.74) is 1.44. The van der Waals surface area contributed by atoms with Crippen LogP contribution in [0, 0.1) is 0 Å². The summed E-state index contributed by atoms with van der Waals surface area (Å²) in [6.45, 7) is 0. The monoisotopic (exact) mass is 378 g/mol. The van der Waals surface area contributed by atoms with E-state index in [0.29, 0.717) is 28.6 Å². The van der Waals surface area contributed by atoms with E-state index in [1.807, 2.05) is 36.4 Å². The van der Waals surface area contributed by atoms with Gasteiger partial charge in [-0.25, -0.2) is 0 Å². The lowest BCUT2D eigenvalue weighted by atomic mass is 10.0. The molecule has 0 saturated carbocycles. The van der Waals surface area contributed by atoms with Crippen LogP contribution >= 0.6 is 0 Å². The first-order chi connectivity index (χ1) is 13.6. The average molecular weight is 378 g/mol. The topological polar surface area (TPSA) is 54.0 Å². The van der Waals surface area contributed by atoms with E-state index in [0.717, 1.165) is 16.3 Å². The SMILES string of the molecule is COc1ccc(/C=C\C(=O)c2ccc3cc(OC)c(OC)cc3c2)cc1OC. The molecule has 3 rings (SSSR count). The van der Waals surface area contributed by atoms with Crippen LogP contribution in [0.15, 0.2) is 54.6 Å². The molecule has 5 nitrogen and oxygen atoms in total. The van der Waals surface area contributed by atoms with Crippen molar-refractivity contribution in [1.29, 1.82) is 0 Å². The van der Waals surface area contributed by atoms with Crippen molar-refractivity contribution in [1.82, 2.24) is 0 Å². The van der Waals surface area contributed by atoms with Gasteiger partial charge in [-0.05, 0) is 52.7 Å². The number of allylic oxidation sites excluding steroid dienone is 1. The molecular formula is C23H22O5. The zero-order chi connectivity index (χ0) is 20.1. The summed E-state index contributed by atoms with van der Waals surface area (Å²) in [4.78, 5) is 12.6. The highest BCUT2D eigenvalue weighted by molar-refractivity contribution is 6.08. The molecule has 3 aromatic rings. The van der Waals surface area contributed by atoms with Gasteiger partial charge in [0.1, 0.15) is 0 Å². The first kappa shape index (κ1) is 19.3. The third-order valence-electron chi connectivity index (χ3n) is 4.46. The third-order valence-corrected chi connectivity index (χ3v) is 4.46. The van der Waals surface area contributed by atoms with Crippen molar-refractivity contribution in [3.63, 3.8) is 0 Å². The van der Waals surface area contributed by atoms with Crippen LogP contribution in [0.4, 0.5) is 0 Å². The summed E-state index contributed by atoms with van der Waals surface area (Å²) in [7, 11) is 6.35. The van der Waals surface area contributed by atoms with Crippen molar-refractivity contribution in [3.8, 4) is 23.0 Å². The molecular weight excluding hydrogens is 356 g/mol. The maximum atomic E-state index is 12.6. The molecule has 0 atom stereocenters. The molecule has 0 heterocycles. The van der Waals surface area contributed by atoms with Crippen LogP contribution in [-0.4, -0.2) is 34.2 Å². The quantitative estimate of drug-likeness (QED) is 0.438. The van der Waals surface area contributed by atoms with Gasteiger partial charge in [-0.1, -0.05) is 24.3 Å². The lowest BCUT2D eigenvalue weighted by Gasteiger charge is -2.09. The van der Waals surface area contributed by atoms with Gasteiger partial charge in [0.05, 0.1) is 28.4 Å². The first-order valence-corrected chi connectivity index (χ1v) is 8.70. The summed E-state index contributed by atoms with van der Waals surface area (Å²) < 4.78 is 21.2. The molecule has 0 unspecified atom stereocenters. The van der Waals surface area contributed by atoms with Crippen molar-refractivity contribution < 1.29 is 23.7 Å². The van der Waals surface area contributed by atoms with Crippen molar-refractivity contribution in [2.45, 2.75) is 0 Å². The number of carbonyl (C=O) groups is 1. The van der Waals surface area contributed by atoms with Crippen molar-refractivity contribution in [3.05, 3.63) is 65.7 Å². The van der Waals surface area contributed by atoms with Crippen LogP contribution in [0.3, 0.4) is 0 Å². The van der Waals surface area contributed by atoms with E-state index >= 15 is 0 Å². The van der Waals surface area contributed by atoms with Gasteiger partial charge >= 0.3 is 0 Å². The van der Waals surface area contributed by atoms with Gasteiger partial charge in [-0.2, -0.15) is 0 Å². The highest BCUT2D eigenvalue weighted by atomic mass is 16.5. The average Bonchev–Trinajstić information content (AvgIpc) is 2.75. The Bertz CT molecular complexity index is 1040. The largest absolute Gasteiger partial charge is 0.493 e. The molecule has 0 fully saturated rings. The molecule has 5 heteroatoms. The van der Waals surface area contributed by atoms with Gasteiger partial charge in [0.15, 0.2) is 28.8 Å². The van der Waals surface area contributed by atoms with Crippen LogP contribution in [0.25, 0.3) is 16.8 Å². The minimum atomic E-state index is -0.0912. The van der Waals surface area contributed by atoms with Crippen LogP contribution in [0.1, 0.15) is 15.9 Å². The minimum absolute atomic E-state index is 0.0912. The van der Waals surface area contributed by atoms with Crippen molar-refractivity contribution in [2.75, 3.05) is 28.4 Å². The van der Waals surface area contributed by atoms with Gasteiger partial charge < -0.3 is 18.9 Å². The van der Waals surface area contributed by atoms with E-state index in [1.165, 1.54) is 0 Å². The van der Waals surface area contributed by atoms with Gasteiger partial charge in [0.2, 0.25) is 0 Å². The molecule has 0 aliphatic carbocycles. The standard InChI is InChI=1S/C23H22O5/c1-25-20-10-6-15(11-21(20)26-2)5-9-19(24)17-8-7-16-13-22(27-3)23(28-4)14-18(16)12-17/h5-14H,1-4H3/b9-5-. The summed E-state index contributed by atoms with van der Waals surface area (Å²) in [6, 6.07) is 14.8. The van der Waals surface area contributed by atoms with Gasteiger partial charge in [0.25, 0.3) is 0 Å². The highest BCUT2D eigenvalue weighted by Gasteiger charge is 2.09. The van der Waals surface area contributed by atoms with Crippen molar-refractivity contribution in [2.24, 2.45) is 0 Å². The molecule has 0 amide bonds. The minimum Gasteiger partial charge on any atom is -0.493 e. The molecule has 0 aliphatic heterocycles. The van der Waals surface area contributed by atoms with Gasteiger partial charge in [-0.3, -0.25) is 4.79 Å². The fourth-order valence-corrected chi connectivity index (χ4v) is 2.95. The molecule has 144 valence electrons. The Kier molecular flexibility index (Phi) is 5.84. The Balaban J connectivity index is 1.88. The van der Waals surface area contributed by atoms with E-state index in [9.17, 15) is 4.79 Å². The predicted molar refractivity (Wildman–Crippen MR) is 110 cm³/mol. The maximum absolute atomic E-state index is 12.6. The normalized spacial score (nSPS) is 10.9. The van der Waals surface area contributed by atoms with E-state index in [1.54, 1.807) is 52.7 Å². The van der Waals surface area contributed by atoms with E-state index < -0.39 is 0 Å². The number of carbonyl (C=O) groups excluding carboxylic acids is 1. The molecule has 3 aromatic carbocycles. The fourth-order valence-electron chi connectivity index (χ4n) is 2.95. The molecule has 0 spiro atoms. The zero-order valence-electron chi connectivity index (χ0n) is 16.3. The first-order valence-electron chi connectivity index (χ1n) is 8.70. The molecule has 28 heavy (non-hydrogen) atoms. The maximum Gasteiger partial charge on any atom is 0.185 e. The summed E-state index contributed by atoms with van der Waals surface area (Å²) in [6.07, 6.45) is 3.30. The summed E-state index contributed by atoms with van der Waals surface area (Å²) in [5.74, 6) is 2.45. The molecule has 0 aromatic heterocycles. The Hall–Kier alpha value is -3.47. The lowest BCUT2D eigenvalue weighted by molar-refractivity contribution is 0.104. The predicted octanol–water partition coefficient (Wildman–Crippen LogP) is 4.77. The lowest BCUT2D eigenvalue weighted by Crippen LogP contribution is -1.95. The Labute approximate surface area is 164 Å². The highest BCUT2D eigenvalue weighted by Crippen LogP contribution is 2.32. The van der Waals surface area contributed by atoms with Crippen LogP contribution in [0.5, 0.6) is 23.0 Å². The number of hydrogen-bond donors (Lipinski definition) is 0. The summed E-state index contributed by atoms with van der Waals surface area (Å²) >= 11 is 0. The Morgan fingerprint density at radius 3 is 1.93 bits per heavy atom. The van der Waals surface area contributed by atoms with E-state index in [-0.39, 0.29) is 5.78 Å². The molecule has 0 bridgehead atoms. The number of rotatable bonds is 7. The number of fused-ring (bicyclic) bond motifs is 1. The Morgan fingerprint density at radius 2 is 1.29 bits per heavy atom. The number of hydrogen-bond acceptors (Lipinski definition) is 5. The second kappa shape index (κ2) is 8.48. The Morgan fingerprint density at radius 1 is 0.679 bits per heavy atom. The number of methoxy groups -OCH3 is 4. The smallest absolute Gasteiger partial charge is 0.185 e. The van der Waals surface area contributed by atoms with Crippen LogP contribution < -0.4 is 18.9 Å². The van der Waals surface area contributed by atoms with Crippen molar-refractivity contribution >= 4 is 22.6 Å². The molecule has 0 radical (unpaired) electrons. The number of ketones is 1. The second-order valence-corrected chi connectivity index (χ2v) is 6.08. The van der Waals surface area contributed by atoms with Gasteiger partial charge in [0, 0.05) is 5.56 Å². The molecule has 0 aliphatic rings. The van der Waals surface area contributed by atoms with Crippen LogP contribution in [-0.2, 0) is 0 Å². The number of ether oxygens (including phenoxy) is 4. The van der Waals surface area contributed by atoms with Gasteiger partial charge in [-0.15, -0.1) is 0 Å². The van der Waals surface area contributed by atoms with Crippen LogP contribution in [0.2, 0.25) is 0 Å². The van der Waals surface area contributed by atoms with E-state index in [2.05, 4.69) is 0 Å². The number of benzene rings is 3. The zero-order valence-corrected chi connectivity index (χ0v) is 16.3.